The van der Waals surface area contributed by atoms with Crippen LogP contribution in [0.2, 0.25) is 0 Å². The van der Waals surface area contributed by atoms with Crippen LogP contribution in [0.15, 0.2) is 0 Å². The van der Waals surface area contributed by atoms with Crippen molar-refractivity contribution in [2.24, 2.45) is 11.1 Å². The minimum atomic E-state index is -0.207. The molecule has 1 rings (SSSR count). The molecule has 0 aliphatic carbocycles. The number of esters is 1. The van der Waals surface area contributed by atoms with E-state index in [1.807, 2.05) is 0 Å². The average Bonchev–Trinajstić information content (AvgIpc) is 2.25. The van der Waals surface area contributed by atoms with Crippen molar-refractivity contribution in [2.75, 3.05) is 13.2 Å². The fourth-order valence-corrected chi connectivity index (χ4v) is 2.26. The van der Waals surface area contributed by atoms with Crippen molar-refractivity contribution in [3.05, 3.63) is 0 Å². The van der Waals surface area contributed by atoms with E-state index in [0.717, 1.165) is 32.3 Å². The van der Waals surface area contributed by atoms with E-state index in [1.165, 1.54) is 0 Å². The van der Waals surface area contributed by atoms with Crippen molar-refractivity contribution in [2.45, 2.75) is 65.0 Å². The fraction of sp³-hybridized carbons (Fsp3) is 0.929. The monoisotopic (exact) mass is 257 g/mol. The van der Waals surface area contributed by atoms with Gasteiger partial charge in [0.05, 0.1) is 12.5 Å². The predicted octanol–water partition coefficient (Wildman–Crippen LogP) is 2.25. The molecule has 1 heterocycles. The maximum atomic E-state index is 11.6. The molecule has 0 aromatic heterocycles. The van der Waals surface area contributed by atoms with Crippen molar-refractivity contribution in [3.63, 3.8) is 0 Å². The van der Waals surface area contributed by atoms with E-state index in [0.29, 0.717) is 13.0 Å². The molecule has 2 unspecified atom stereocenters. The largest absolute Gasteiger partial charge is 0.463 e. The summed E-state index contributed by atoms with van der Waals surface area (Å²) in [6, 6.07) is -0.121. The molecular formula is C14H27NO3. The Balaban J connectivity index is 2.16. The molecular weight excluding hydrogens is 230 g/mol. The summed E-state index contributed by atoms with van der Waals surface area (Å²) < 4.78 is 10.7. The Bertz CT molecular complexity index is 254. The minimum Gasteiger partial charge on any atom is -0.463 e. The number of carbonyl (C=O) groups excluding carboxylic acids is 1. The lowest BCUT2D eigenvalue weighted by molar-refractivity contribution is -0.149. The second-order valence-corrected chi connectivity index (χ2v) is 6.40. The number of rotatable bonds is 5. The van der Waals surface area contributed by atoms with E-state index in [-0.39, 0.29) is 23.5 Å². The molecule has 0 radical (unpaired) electrons. The Morgan fingerprint density at radius 2 is 2.17 bits per heavy atom. The summed E-state index contributed by atoms with van der Waals surface area (Å²) in [6.45, 7) is 7.52. The van der Waals surface area contributed by atoms with E-state index < -0.39 is 0 Å². The van der Waals surface area contributed by atoms with Crippen LogP contribution in [0.5, 0.6) is 0 Å². The number of carbonyl (C=O) groups is 1. The normalized spacial score (nSPS) is 22.6. The Hall–Kier alpha value is -0.610. The van der Waals surface area contributed by atoms with Gasteiger partial charge in [0.25, 0.3) is 0 Å². The van der Waals surface area contributed by atoms with Gasteiger partial charge in [0.1, 0.15) is 6.61 Å². The smallest absolute Gasteiger partial charge is 0.307 e. The Labute approximate surface area is 110 Å². The number of ether oxygens (including phenoxy) is 2. The molecule has 1 aliphatic rings. The Kier molecular flexibility index (Phi) is 6.09. The molecule has 0 aromatic carbocycles. The zero-order valence-corrected chi connectivity index (χ0v) is 11.9. The van der Waals surface area contributed by atoms with Crippen molar-refractivity contribution >= 4 is 5.97 Å². The first-order valence-electron chi connectivity index (χ1n) is 6.89. The predicted molar refractivity (Wildman–Crippen MR) is 71.2 cm³/mol. The first-order chi connectivity index (χ1) is 8.37. The lowest BCUT2D eigenvalue weighted by Crippen LogP contribution is -2.31. The van der Waals surface area contributed by atoms with E-state index in [9.17, 15) is 4.79 Å². The summed E-state index contributed by atoms with van der Waals surface area (Å²) in [7, 11) is 0. The lowest BCUT2D eigenvalue weighted by Gasteiger charge is -2.24. The highest BCUT2D eigenvalue weighted by Gasteiger charge is 2.20. The van der Waals surface area contributed by atoms with Crippen LogP contribution in [0.4, 0.5) is 0 Å². The fourth-order valence-electron chi connectivity index (χ4n) is 2.26. The van der Waals surface area contributed by atoms with Gasteiger partial charge in [-0.15, -0.1) is 0 Å². The van der Waals surface area contributed by atoms with Gasteiger partial charge < -0.3 is 15.2 Å². The Morgan fingerprint density at radius 3 is 2.72 bits per heavy atom. The van der Waals surface area contributed by atoms with Gasteiger partial charge in [-0.1, -0.05) is 20.8 Å². The van der Waals surface area contributed by atoms with Gasteiger partial charge in [-0.3, -0.25) is 4.79 Å². The number of nitrogens with two attached hydrogens (primary N) is 1. The molecule has 2 atom stereocenters. The topological polar surface area (TPSA) is 61.6 Å². The second kappa shape index (κ2) is 7.10. The van der Waals surface area contributed by atoms with Gasteiger partial charge in [-0.2, -0.15) is 0 Å². The SMILES string of the molecule is CC(C)(C)CC(N)CC(=O)OCC1CCCCO1. The maximum absolute atomic E-state index is 11.6. The highest BCUT2D eigenvalue weighted by atomic mass is 16.6. The molecule has 2 N–H and O–H groups in total. The summed E-state index contributed by atoms with van der Waals surface area (Å²) >= 11 is 0. The minimum absolute atomic E-state index is 0.0848. The summed E-state index contributed by atoms with van der Waals surface area (Å²) in [6.07, 6.45) is 4.46. The van der Waals surface area contributed by atoms with Crippen molar-refractivity contribution < 1.29 is 14.3 Å². The molecule has 0 saturated carbocycles. The van der Waals surface area contributed by atoms with Gasteiger partial charge in [0, 0.05) is 12.6 Å². The molecule has 1 aliphatic heterocycles. The van der Waals surface area contributed by atoms with E-state index >= 15 is 0 Å². The molecule has 1 saturated heterocycles. The molecule has 0 amide bonds. The Morgan fingerprint density at radius 1 is 1.44 bits per heavy atom. The molecule has 0 spiro atoms. The van der Waals surface area contributed by atoms with Crippen LogP contribution >= 0.6 is 0 Å². The van der Waals surface area contributed by atoms with Crippen LogP contribution < -0.4 is 5.73 Å². The third-order valence-corrected chi connectivity index (χ3v) is 3.01. The van der Waals surface area contributed by atoms with E-state index in [2.05, 4.69) is 20.8 Å². The lowest BCUT2D eigenvalue weighted by atomic mass is 9.87. The molecule has 106 valence electrons. The van der Waals surface area contributed by atoms with E-state index in [4.69, 9.17) is 15.2 Å². The summed E-state index contributed by atoms with van der Waals surface area (Å²) in [5.41, 5.74) is 6.08. The quantitative estimate of drug-likeness (QED) is 0.767. The average molecular weight is 257 g/mol. The highest BCUT2D eigenvalue weighted by molar-refractivity contribution is 5.70. The second-order valence-electron chi connectivity index (χ2n) is 6.40. The molecule has 4 nitrogen and oxygen atoms in total. The molecule has 1 fully saturated rings. The molecule has 0 aromatic rings. The maximum Gasteiger partial charge on any atom is 0.307 e. The zero-order chi connectivity index (χ0) is 13.6. The summed E-state index contributed by atoms with van der Waals surface area (Å²) in [4.78, 5) is 11.6. The number of hydrogen-bond donors (Lipinski definition) is 1. The van der Waals surface area contributed by atoms with Gasteiger partial charge >= 0.3 is 5.97 Å². The first-order valence-corrected chi connectivity index (χ1v) is 6.89. The standard InChI is InChI=1S/C14H27NO3/c1-14(2,3)9-11(15)8-13(16)18-10-12-6-4-5-7-17-12/h11-12H,4-10,15H2,1-3H3. The molecule has 0 bridgehead atoms. The highest BCUT2D eigenvalue weighted by Crippen LogP contribution is 2.21. The molecule has 4 heteroatoms. The van der Waals surface area contributed by atoms with Gasteiger partial charge in [-0.25, -0.2) is 0 Å². The van der Waals surface area contributed by atoms with Gasteiger partial charge in [0.15, 0.2) is 0 Å². The zero-order valence-electron chi connectivity index (χ0n) is 11.9. The molecule has 18 heavy (non-hydrogen) atoms. The third kappa shape index (κ3) is 6.97. The van der Waals surface area contributed by atoms with Crippen molar-refractivity contribution in [1.29, 1.82) is 0 Å². The van der Waals surface area contributed by atoms with Crippen LogP contribution in [0, 0.1) is 5.41 Å². The third-order valence-electron chi connectivity index (χ3n) is 3.01. The van der Waals surface area contributed by atoms with E-state index in [1.54, 1.807) is 0 Å². The summed E-state index contributed by atoms with van der Waals surface area (Å²) in [5, 5.41) is 0. The first kappa shape index (κ1) is 15.4. The van der Waals surface area contributed by atoms with Crippen LogP contribution in [0.1, 0.15) is 52.9 Å². The van der Waals surface area contributed by atoms with Gasteiger partial charge in [0.2, 0.25) is 0 Å². The van der Waals surface area contributed by atoms with Gasteiger partial charge in [-0.05, 0) is 31.1 Å². The van der Waals surface area contributed by atoms with Crippen LogP contribution in [0.25, 0.3) is 0 Å². The van der Waals surface area contributed by atoms with Crippen molar-refractivity contribution in [1.82, 2.24) is 0 Å². The summed E-state index contributed by atoms with van der Waals surface area (Å²) in [5.74, 6) is -0.207. The van der Waals surface area contributed by atoms with Crippen molar-refractivity contribution in [3.8, 4) is 0 Å². The number of hydrogen-bond acceptors (Lipinski definition) is 4. The van der Waals surface area contributed by atoms with Crippen LogP contribution in [-0.2, 0) is 14.3 Å². The van der Waals surface area contributed by atoms with Crippen LogP contribution in [0.3, 0.4) is 0 Å². The van der Waals surface area contributed by atoms with Crippen LogP contribution in [-0.4, -0.2) is 31.3 Å².